The summed E-state index contributed by atoms with van der Waals surface area (Å²) in [5.74, 6) is 0.262. The molecule has 2 heterocycles. The van der Waals surface area contributed by atoms with Gasteiger partial charge in [-0.05, 0) is 41.3 Å². The first-order chi connectivity index (χ1) is 14.9. The fourth-order valence-corrected chi connectivity index (χ4v) is 4.84. The van der Waals surface area contributed by atoms with E-state index in [0.29, 0.717) is 23.4 Å². The summed E-state index contributed by atoms with van der Waals surface area (Å²) >= 11 is 1.58. The third-order valence-corrected chi connectivity index (χ3v) is 6.43. The summed E-state index contributed by atoms with van der Waals surface area (Å²) in [5.41, 5.74) is 2.51. The van der Waals surface area contributed by atoms with Gasteiger partial charge in [-0.15, -0.1) is 11.3 Å². The van der Waals surface area contributed by atoms with E-state index in [9.17, 15) is 13.2 Å². The Morgan fingerprint density at radius 1 is 1.13 bits per heavy atom. The van der Waals surface area contributed by atoms with Crippen molar-refractivity contribution in [2.24, 2.45) is 5.10 Å². The van der Waals surface area contributed by atoms with Crippen LogP contribution >= 0.6 is 11.3 Å². The molecule has 0 saturated carbocycles. The minimum Gasteiger partial charge on any atom is -0.496 e. The Labute approximate surface area is 185 Å². The summed E-state index contributed by atoms with van der Waals surface area (Å²) in [4.78, 5) is 14.4. The van der Waals surface area contributed by atoms with Gasteiger partial charge in [-0.3, -0.25) is 9.52 Å². The monoisotopic (exact) mass is 455 g/mol. The molecule has 2 aromatic carbocycles. The first kappa shape index (κ1) is 21.1. The Balaban J connectivity index is 1.67. The number of anilines is 1. The van der Waals surface area contributed by atoms with Crippen molar-refractivity contribution in [1.82, 2.24) is 5.01 Å². The molecular formula is C22H21N3O4S2. The second-order valence-electron chi connectivity index (χ2n) is 7.08. The van der Waals surface area contributed by atoms with Gasteiger partial charge in [0.15, 0.2) is 0 Å². The quantitative estimate of drug-likeness (QED) is 0.606. The first-order valence-corrected chi connectivity index (χ1v) is 12.3. The van der Waals surface area contributed by atoms with Crippen LogP contribution in [0.3, 0.4) is 0 Å². The van der Waals surface area contributed by atoms with Gasteiger partial charge in [0.2, 0.25) is 10.0 Å². The van der Waals surface area contributed by atoms with Crippen molar-refractivity contribution in [2.45, 2.75) is 12.5 Å². The zero-order valence-corrected chi connectivity index (χ0v) is 18.6. The molecule has 1 aromatic heterocycles. The smallest absolute Gasteiger partial charge is 0.278 e. The van der Waals surface area contributed by atoms with Crippen molar-refractivity contribution in [3.63, 3.8) is 0 Å². The molecule has 4 rings (SSSR count). The zero-order chi connectivity index (χ0) is 22.0. The van der Waals surface area contributed by atoms with E-state index in [0.717, 1.165) is 22.4 Å². The second-order valence-corrected chi connectivity index (χ2v) is 9.81. The molecule has 0 spiro atoms. The SMILES string of the molecule is COc1ccccc1C(=O)N1N=C(c2ccc(NS(C)(=O)=O)cc2)C[C@H]1c1cccs1. The molecule has 1 aliphatic heterocycles. The Bertz CT molecular complexity index is 1220. The lowest BCUT2D eigenvalue weighted by Gasteiger charge is -2.21. The maximum absolute atomic E-state index is 13.4. The molecule has 1 aliphatic rings. The van der Waals surface area contributed by atoms with Gasteiger partial charge in [0.1, 0.15) is 5.75 Å². The number of ether oxygens (including phenoxy) is 1. The number of hydrogen-bond donors (Lipinski definition) is 1. The van der Waals surface area contributed by atoms with Crippen LogP contribution in [0.4, 0.5) is 5.69 Å². The summed E-state index contributed by atoms with van der Waals surface area (Å²) in [6, 6.07) is 17.8. The van der Waals surface area contributed by atoms with Crippen molar-refractivity contribution in [3.05, 3.63) is 82.0 Å². The van der Waals surface area contributed by atoms with Crippen LogP contribution in [0.5, 0.6) is 5.75 Å². The Hall–Kier alpha value is -3.17. The number of para-hydroxylation sites is 1. The molecule has 9 heteroatoms. The standard InChI is InChI=1S/C22H21N3O4S2/c1-29-20-7-4-3-6-17(20)22(26)25-19(21-8-5-13-30-21)14-18(23-25)15-9-11-16(12-10-15)24-31(2,27)28/h3-13,19,24H,14H2,1-2H3/t19-/m0/s1. The number of nitrogens with zero attached hydrogens (tertiary/aromatic N) is 2. The number of hydrogen-bond acceptors (Lipinski definition) is 6. The third kappa shape index (κ3) is 4.62. The van der Waals surface area contributed by atoms with Gasteiger partial charge >= 0.3 is 0 Å². The fourth-order valence-electron chi connectivity index (χ4n) is 3.46. The lowest BCUT2D eigenvalue weighted by molar-refractivity contribution is 0.0710. The Kier molecular flexibility index (Phi) is 5.79. The number of thiophene rings is 1. The van der Waals surface area contributed by atoms with Crippen molar-refractivity contribution in [2.75, 3.05) is 18.1 Å². The molecule has 31 heavy (non-hydrogen) atoms. The van der Waals surface area contributed by atoms with Gasteiger partial charge in [-0.2, -0.15) is 5.10 Å². The van der Waals surface area contributed by atoms with Crippen LogP contribution in [0.2, 0.25) is 0 Å². The number of nitrogens with one attached hydrogen (secondary N) is 1. The number of sulfonamides is 1. The maximum Gasteiger partial charge on any atom is 0.278 e. The highest BCUT2D eigenvalue weighted by Crippen LogP contribution is 2.37. The van der Waals surface area contributed by atoms with Crippen molar-refractivity contribution >= 4 is 38.7 Å². The Morgan fingerprint density at radius 2 is 1.87 bits per heavy atom. The van der Waals surface area contributed by atoms with Gasteiger partial charge in [-0.1, -0.05) is 30.3 Å². The lowest BCUT2D eigenvalue weighted by Crippen LogP contribution is -2.27. The van der Waals surface area contributed by atoms with Gasteiger partial charge in [-0.25, -0.2) is 13.4 Å². The van der Waals surface area contributed by atoms with Crippen LogP contribution in [0.25, 0.3) is 0 Å². The van der Waals surface area contributed by atoms with E-state index in [-0.39, 0.29) is 11.9 Å². The predicted octanol–water partition coefficient (Wildman–Crippen LogP) is 4.12. The van der Waals surface area contributed by atoms with Crippen LogP contribution in [-0.4, -0.2) is 38.4 Å². The first-order valence-electron chi connectivity index (χ1n) is 9.51. The molecule has 0 unspecified atom stereocenters. The number of carbonyl (C=O) groups excluding carboxylic acids is 1. The molecule has 1 amide bonds. The van der Waals surface area contributed by atoms with Crippen LogP contribution in [0.1, 0.15) is 33.3 Å². The van der Waals surface area contributed by atoms with Crippen LogP contribution < -0.4 is 9.46 Å². The normalized spacial score (nSPS) is 16.1. The van der Waals surface area contributed by atoms with E-state index in [4.69, 9.17) is 4.74 Å². The number of amides is 1. The molecule has 0 radical (unpaired) electrons. The van der Waals surface area contributed by atoms with Crippen LogP contribution in [0, 0.1) is 0 Å². The average Bonchev–Trinajstić information content (AvgIpc) is 3.42. The zero-order valence-electron chi connectivity index (χ0n) is 17.0. The third-order valence-electron chi connectivity index (χ3n) is 4.85. The van der Waals surface area contributed by atoms with Crippen LogP contribution in [-0.2, 0) is 10.0 Å². The molecule has 0 saturated heterocycles. The fraction of sp³-hybridized carbons (Fsp3) is 0.182. The van der Waals surface area contributed by atoms with Crippen LogP contribution in [0.15, 0.2) is 71.1 Å². The highest BCUT2D eigenvalue weighted by atomic mass is 32.2. The summed E-state index contributed by atoms with van der Waals surface area (Å²) < 4.78 is 30.7. The number of methoxy groups -OCH3 is 1. The van der Waals surface area contributed by atoms with E-state index in [1.54, 1.807) is 53.8 Å². The summed E-state index contributed by atoms with van der Waals surface area (Å²) in [7, 11) is -1.81. The largest absolute Gasteiger partial charge is 0.496 e. The number of carbonyl (C=O) groups is 1. The molecule has 0 aliphatic carbocycles. The molecular weight excluding hydrogens is 434 g/mol. The molecule has 7 nitrogen and oxygen atoms in total. The summed E-state index contributed by atoms with van der Waals surface area (Å²) in [6.45, 7) is 0. The molecule has 1 N–H and O–H groups in total. The van der Waals surface area contributed by atoms with E-state index >= 15 is 0 Å². The van der Waals surface area contributed by atoms with Gasteiger partial charge in [0, 0.05) is 17.0 Å². The van der Waals surface area contributed by atoms with E-state index in [1.165, 1.54) is 12.1 Å². The molecule has 1 atom stereocenters. The number of benzene rings is 2. The lowest BCUT2D eigenvalue weighted by atomic mass is 10.0. The molecule has 0 fully saturated rings. The maximum atomic E-state index is 13.4. The summed E-state index contributed by atoms with van der Waals surface area (Å²) in [5, 5.41) is 8.16. The minimum atomic E-state index is -3.35. The molecule has 160 valence electrons. The van der Waals surface area contributed by atoms with E-state index in [1.807, 2.05) is 23.6 Å². The minimum absolute atomic E-state index is 0.221. The van der Waals surface area contributed by atoms with E-state index < -0.39 is 10.0 Å². The average molecular weight is 456 g/mol. The molecule has 3 aromatic rings. The summed E-state index contributed by atoms with van der Waals surface area (Å²) in [6.07, 6.45) is 1.66. The number of rotatable bonds is 6. The van der Waals surface area contributed by atoms with Crippen molar-refractivity contribution in [1.29, 1.82) is 0 Å². The van der Waals surface area contributed by atoms with Crippen molar-refractivity contribution < 1.29 is 17.9 Å². The van der Waals surface area contributed by atoms with Gasteiger partial charge in [0.05, 0.1) is 30.7 Å². The number of hydrazone groups is 1. The topological polar surface area (TPSA) is 88.1 Å². The van der Waals surface area contributed by atoms with Gasteiger partial charge < -0.3 is 4.74 Å². The Morgan fingerprint density at radius 3 is 2.52 bits per heavy atom. The highest BCUT2D eigenvalue weighted by molar-refractivity contribution is 7.92. The van der Waals surface area contributed by atoms with E-state index in [2.05, 4.69) is 9.82 Å². The van der Waals surface area contributed by atoms with Gasteiger partial charge in [0.25, 0.3) is 5.91 Å². The predicted molar refractivity (Wildman–Crippen MR) is 122 cm³/mol. The second kappa shape index (κ2) is 8.52. The molecule has 0 bridgehead atoms. The van der Waals surface area contributed by atoms with Crippen molar-refractivity contribution in [3.8, 4) is 5.75 Å². The highest BCUT2D eigenvalue weighted by Gasteiger charge is 2.35.